The molecule has 1 atom stereocenters. The Morgan fingerprint density at radius 2 is 2.23 bits per heavy atom. The van der Waals surface area contributed by atoms with Crippen LogP contribution in [0.1, 0.15) is 29.5 Å². The third-order valence-corrected chi connectivity index (χ3v) is 6.43. The summed E-state index contributed by atoms with van der Waals surface area (Å²) in [6, 6.07) is 5.81. The van der Waals surface area contributed by atoms with Gasteiger partial charge < -0.3 is 4.90 Å². The highest BCUT2D eigenvalue weighted by Gasteiger charge is 2.39. The van der Waals surface area contributed by atoms with Crippen LogP contribution in [0.3, 0.4) is 0 Å². The first-order valence-corrected chi connectivity index (χ1v) is 9.94. The first kappa shape index (κ1) is 17.4. The van der Waals surface area contributed by atoms with Crippen LogP contribution in [0.15, 0.2) is 18.2 Å². The van der Waals surface area contributed by atoms with Crippen molar-refractivity contribution < 1.29 is 9.59 Å². The van der Waals surface area contributed by atoms with Crippen molar-refractivity contribution in [2.45, 2.75) is 32.7 Å². The zero-order valence-corrected chi connectivity index (χ0v) is 16.0. The minimum Gasteiger partial charge on any atom is -0.338 e. The Balaban J connectivity index is 1.47. The van der Waals surface area contributed by atoms with Crippen LogP contribution in [0.2, 0.25) is 5.02 Å². The highest BCUT2D eigenvalue weighted by Crippen LogP contribution is 2.31. The Hall–Kier alpha value is -1.99. The SMILES string of the molecule is CCc1nnc(N2CC(C(=O)N3CCc4c(Cl)cccc4C3)CC2=O)s1. The van der Waals surface area contributed by atoms with Gasteiger partial charge in [-0.3, -0.25) is 14.5 Å². The van der Waals surface area contributed by atoms with Crippen LogP contribution in [0.25, 0.3) is 0 Å². The van der Waals surface area contributed by atoms with E-state index in [4.69, 9.17) is 11.6 Å². The maximum Gasteiger partial charge on any atom is 0.229 e. The standard InChI is InChI=1S/C18H19ClN4O2S/c1-2-15-20-21-18(26-15)23-10-12(8-16(23)24)17(25)22-7-6-13-11(9-22)4-3-5-14(13)19/h3-5,12H,2,6-10H2,1H3. The molecular formula is C18H19ClN4O2S. The zero-order valence-electron chi connectivity index (χ0n) is 14.4. The van der Waals surface area contributed by atoms with Crippen LogP contribution in [0.4, 0.5) is 5.13 Å². The molecule has 0 bridgehead atoms. The number of carbonyl (C=O) groups excluding carboxylic acids is 2. The highest BCUT2D eigenvalue weighted by molar-refractivity contribution is 7.15. The Morgan fingerprint density at radius 3 is 3.00 bits per heavy atom. The zero-order chi connectivity index (χ0) is 18.3. The molecule has 0 saturated carbocycles. The third-order valence-electron chi connectivity index (χ3n) is 4.98. The van der Waals surface area contributed by atoms with Crippen molar-refractivity contribution in [2.24, 2.45) is 5.92 Å². The average molecular weight is 391 g/mol. The summed E-state index contributed by atoms with van der Waals surface area (Å²) in [6.07, 6.45) is 1.78. The number of aryl methyl sites for hydroxylation is 1. The van der Waals surface area contributed by atoms with Gasteiger partial charge in [0.25, 0.3) is 0 Å². The van der Waals surface area contributed by atoms with E-state index in [1.54, 1.807) is 4.90 Å². The molecule has 26 heavy (non-hydrogen) atoms. The van der Waals surface area contributed by atoms with E-state index >= 15 is 0 Å². The normalized spacial score (nSPS) is 19.8. The van der Waals surface area contributed by atoms with Crippen LogP contribution in [0.5, 0.6) is 0 Å². The monoisotopic (exact) mass is 390 g/mol. The average Bonchev–Trinajstić information content (AvgIpc) is 3.27. The smallest absolute Gasteiger partial charge is 0.229 e. The maximum atomic E-state index is 13.0. The van der Waals surface area contributed by atoms with Crippen molar-refractivity contribution >= 4 is 39.9 Å². The summed E-state index contributed by atoms with van der Waals surface area (Å²) in [5, 5.41) is 10.4. The minimum atomic E-state index is -0.322. The van der Waals surface area contributed by atoms with Gasteiger partial charge in [-0.05, 0) is 30.0 Å². The molecule has 1 aromatic heterocycles. The van der Waals surface area contributed by atoms with E-state index in [0.717, 1.165) is 34.0 Å². The summed E-state index contributed by atoms with van der Waals surface area (Å²) >= 11 is 7.67. The second-order valence-corrected chi connectivity index (χ2v) is 8.07. The third kappa shape index (κ3) is 3.10. The summed E-state index contributed by atoms with van der Waals surface area (Å²) in [5.41, 5.74) is 2.22. The van der Waals surface area contributed by atoms with Crippen molar-refractivity contribution in [2.75, 3.05) is 18.0 Å². The molecule has 0 aliphatic carbocycles. The predicted octanol–water partition coefficient (Wildman–Crippen LogP) is 2.69. The van der Waals surface area contributed by atoms with Gasteiger partial charge in [0.05, 0.1) is 5.92 Å². The number of fused-ring (bicyclic) bond motifs is 1. The molecule has 136 valence electrons. The molecule has 0 spiro atoms. The summed E-state index contributed by atoms with van der Waals surface area (Å²) in [7, 11) is 0. The Bertz CT molecular complexity index is 869. The molecule has 3 heterocycles. The van der Waals surface area contributed by atoms with Gasteiger partial charge in [-0.2, -0.15) is 0 Å². The molecule has 2 aliphatic rings. The van der Waals surface area contributed by atoms with Crippen LogP contribution in [0, 0.1) is 5.92 Å². The molecule has 1 fully saturated rings. The van der Waals surface area contributed by atoms with E-state index in [-0.39, 0.29) is 24.2 Å². The second kappa shape index (κ2) is 6.96. The van der Waals surface area contributed by atoms with Crippen molar-refractivity contribution in [1.82, 2.24) is 15.1 Å². The minimum absolute atomic E-state index is 0.0340. The van der Waals surface area contributed by atoms with Crippen molar-refractivity contribution in [3.05, 3.63) is 39.4 Å². The fourth-order valence-electron chi connectivity index (χ4n) is 3.56. The number of carbonyl (C=O) groups is 2. The lowest BCUT2D eigenvalue weighted by molar-refractivity contribution is -0.136. The molecule has 4 rings (SSSR count). The summed E-state index contributed by atoms with van der Waals surface area (Å²) < 4.78 is 0. The number of hydrogen-bond acceptors (Lipinski definition) is 5. The largest absolute Gasteiger partial charge is 0.338 e. The molecule has 6 nitrogen and oxygen atoms in total. The predicted molar refractivity (Wildman–Crippen MR) is 100 cm³/mol. The lowest BCUT2D eigenvalue weighted by atomic mass is 9.98. The summed E-state index contributed by atoms with van der Waals surface area (Å²) in [4.78, 5) is 28.8. The first-order chi connectivity index (χ1) is 12.6. The van der Waals surface area contributed by atoms with Crippen molar-refractivity contribution in [3.8, 4) is 0 Å². The number of amides is 2. The molecular weight excluding hydrogens is 372 g/mol. The fourth-order valence-corrected chi connectivity index (χ4v) is 4.66. The summed E-state index contributed by atoms with van der Waals surface area (Å²) in [5.74, 6) is -0.341. The van der Waals surface area contributed by atoms with Gasteiger partial charge in [0.1, 0.15) is 5.01 Å². The van der Waals surface area contributed by atoms with E-state index in [1.165, 1.54) is 11.3 Å². The van der Waals surface area contributed by atoms with E-state index in [1.807, 2.05) is 30.0 Å². The van der Waals surface area contributed by atoms with Crippen LogP contribution < -0.4 is 4.90 Å². The molecule has 2 amide bonds. The molecule has 0 radical (unpaired) electrons. The van der Waals surface area contributed by atoms with Crippen molar-refractivity contribution in [3.63, 3.8) is 0 Å². The quantitative estimate of drug-likeness (QED) is 0.808. The van der Waals surface area contributed by atoms with Gasteiger partial charge in [-0.25, -0.2) is 0 Å². The van der Waals surface area contributed by atoms with Gasteiger partial charge in [-0.1, -0.05) is 42.0 Å². The van der Waals surface area contributed by atoms with E-state index in [0.29, 0.717) is 24.8 Å². The second-order valence-electron chi connectivity index (χ2n) is 6.62. The van der Waals surface area contributed by atoms with Crippen LogP contribution >= 0.6 is 22.9 Å². The fraction of sp³-hybridized carbons (Fsp3) is 0.444. The number of aromatic nitrogens is 2. The van der Waals surface area contributed by atoms with Gasteiger partial charge in [-0.15, -0.1) is 10.2 Å². The number of benzene rings is 1. The lowest BCUT2D eigenvalue weighted by Crippen LogP contribution is -2.40. The van der Waals surface area contributed by atoms with Gasteiger partial charge in [0.15, 0.2) is 0 Å². The van der Waals surface area contributed by atoms with Crippen LogP contribution in [-0.2, 0) is 29.0 Å². The Labute approximate surface area is 160 Å². The number of nitrogens with zero attached hydrogens (tertiary/aromatic N) is 4. The van der Waals surface area contributed by atoms with E-state index in [2.05, 4.69) is 10.2 Å². The van der Waals surface area contributed by atoms with E-state index < -0.39 is 0 Å². The molecule has 8 heteroatoms. The van der Waals surface area contributed by atoms with Crippen LogP contribution in [-0.4, -0.2) is 40.0 Å². The topological polar surface area (TPSA) is 66.4 Å². The Morgan fingerprint density at radius 1 is 1.38 bits per heavy atom. The number of anilines is 1. The first-order valence-electron chi connectivity index (χ1n) is 8.74. The molecule has 0 N–H and O–H groups in total. The number of halogens is 1. The molecule has 1 aromatic carbocycles. The maximum absolute atomic E-state index is 13.0. The summed E-state index contributed by atoms with van der Waals surface area (Å²) in [6.45, 7) is 3.58. The van der Waals surface area contributed by atoms with Gasteiger partial charge >= 0.3 is 0 Å². The highest BCUT2D eigenvalue weighted by atomic mass is 35.5. The number of hydrogen-bond donors (Lipinski definition) is 0. The molecule has 1 unspecified atom stereocenters. The lowest BCUT2D eigenvalue weighted by Gasteiger charge is -2.31. The number of rotatable bonds is 3. The van der Waals surface area contributed by atoms with Gasteiger partial charge in [0.2, 0.25) is 16.9 Å². The molecule has 1 saturated heterocycles. The van der Waals surface area contributed by atoms with Crippen molar-refractivity contribution in [1.29, 1.82) is 0 Å². The van der Waals surface area contributed by atoms with Gasteiger partial charge in [0, 0.05) is 31.1 Å². The van der Waals surface area contributed by atoms with E-state index in [9.17, 15) is 9.59 Å². The molecule has 2 aromatic rings. The Kier molecular flexibility index (Phi) is 4.67. The molecule has 2 aliphatic heterocycles.